The molecule has 12 heavy (non-hydrogen) atoms. The van der Waals surface area contributed by atoms with Crippen molar-refractivity contribution in [2.45, 2.75) is 13.8 Å². The van der Waals surface area contributed by atoms with Crippen LogP contribution in [-0.2, 0) is 7.05 Å². The first-order valence-electron chi connectivity index (χ1n) is 3.99. The lowest BCUT2D eigenvalue weighted by Crippen LogP contribution is -2.34. The second-order valence-electron chi connectivity index (χ2n) is 3.07. The molecule has 0 saturated heterocycles. The molecule has 0 aromatic carbocycles. The number of rotatable bonds is 0. The average molecular weight is 162 g/mol. The van der Waals surface area contributed by atoms with Gasteiger partial charge in [-0.25, -0.2) is 8.97 Å². The van der Waals surface area contributed by atoms with Gasteiger partial charge in [-0.05, 0) is 13.0 Å². The van der Waals surface area contributed by atoms with Crippen molar-refractivity contribution in [2.24, 2.45) is 7.05 Å². The van der Waals surface area contributed by atoms with Gasteiger partial charge in [-0.15, -0.1) is 0 Å². The van der Waals surface area contributed by atoms with Crippen LogP contribution < -0.4 is 4.57 Å². The second kappa shape index (κ2) is 2.30. The Morgan fingerprint density at radius 3 is 2.83 bits per heavy atom. The molecule has 0 bridgehead atoms. The van der Waals surface area contributed by atoms with E-state index >= 15 is 0 Å². The molecule has 0 saturated carbocycles. The summed E-state index contributed by atoms with van der Waals surface area (Å²) in [5.41, 5.74) is 2.24. The van der Waals surface area contributed by atoms with Gasteiger partial charge >= 0.3 is 0 Å². The zero-order valence-corrected chi connectivity index (χ0v) is 7.57. The summed E-state index contributed by atoms with van der Waals surface area (Å²) in [7, 11) is 2.00. The molecule has 2 heterocycles. The normalized spacial score (nSPS) is 10.9. The maximum Gasteiger partial charge on any atom is 0.270 e. The molecular weight excluding hydrogens is 150 g/mol. The Morgan fingerprint density at radius 1 is 1.33 bits per heavy atom. The summed E-state index contributed by atoms with van der Waals surface area (Å²) in [5, 5.41) is 0. The molecule has 0 spiro atoms. The fraction of sp³-hybridized carbons (Fsp3) is 0.333. The number of nitrogens with zero attached hydrogens (tertiary/aromatic N) is 3. The lowest BCUT2D eigenvalue weighted by atomic mass is 10.5. The number of hydrogen-bond acceptors (Lipinski definition) is 1. The molecule has 0 amide bonds. The van der Waals surface area contributed by atoms with Crippen LogP contribution in [0.3, 0.4) is 0 Å². The topological polar surface area (TPSA) is 21.2 Å². The molecule has 0 fully saturated rings. The predicted molar refractivity (Wildman–Crippen MR) is 45.8 cm³/mol. The number of aryl methyl sites for hydroxylation is 3. The minimum Gasteiger partial charge on any atom is -0.242 e. The van der Waals surface area contributed by atoms with Crippen LogP contribution in [-0.4, -0.2) is 9.38 Å². The monoisotopic (exact) mass is 162 g/mol. The zero-order chi connectivity index (χ0) is 8.72. The summed E-state index contributed by atoms with van der Waals surface area (Å²) >= 11 is 0. The molecular formula is C9H12N3+. The van der Waals surface area contributed by atoms with Gasteiger partial charge in [0, 0.05) is 13.0 Å². The summed E-state index contributed by atoms with van der Waals surface area (Å²) in [5.74, 6) is 1.20. The highest BCUT2D eigenvalue weighted by Crippen LogP contribution is 2.06. The van der Waals surface area contributed by atoms with Crippen molar-refractivity contribution in [1.82, 2.24) is 9.38 Å². The molecule has 2 aromatic rings. The van der Waals surface area contributed by atoms with Gasteiger partial charge in [0.25, 0.3) is 5.65 Å². The van der Waals surface area contributed by atoms with Crippen molar-refractivity contribution in [3.05, 3.63) is 30.0 Å². The molecule has 62 valence electrons. The van der Waals surface area contributed by atoms with Crippen molar-refractivity contribution < 1.29 is 4.57 Å². The molecule has 0 aliphatic rings. The van der Waals surface area contributed by atoms with Crippen LogP contribution in [0.4, 0.5) is 0 Å². The smallest absolute Gasteiger partial charge is 0.242 e. The molecule has 3 heteroatoms. The fourth-order valence-electron chi connectivity index (χ4n) is 1.43. The number of aromatic nitrogens is 3. The third-order valence-corrected chi connectivity index (χ3v) is 2.25. The van der Waals surface area contributed by atoms with Crippen LogP contribution in [0.5, 0.6) is 0 Å². The maximum atomic E-state index is 4.29. The first-order chi connectivity index (χ1) is 5.70. The van der Waals surface area contributed by atoms with Crippen molar-refractivity contribution in [3.63, 3.8) is 0 Å². The lowest BCUT2D eigenvalue weighted by molar-refractivity contribution is -0.684. The van der Waals surface area contributed by atoms with Crippen LogP contribution in [0.25, 0.3) is 5.65 Å². The lowest BCUT2D eigenvalue weighted by Gasteiger charge is -1.98. The minimum atomic E-state index is 1.02. The molecule has 2 rings (SSSR count). The summed E-state index contributed by atoms with van der Waals surface area (Å²) in [6, 6.07) is 4.11. The molecule has 0 unspecified atom stereocenters. The SMILES string of the molecule is Cc1ccc2nc[n+](C)c(C)n12. The molecule has 0 N–H and O–H groups in total. The molecule has 3 nitrogen and oxygen atoms in total. The first-order valence-corrected chi connectivity index (χ1v) is 3.99. The van der Waals surface area contributed by atoms with Gasteiger partial charge in [0.15, 0.2) is 0 Å². The highest BCUT2D eigenvalue weighted by atomic mass is 15.1. The minimum absolute atomic E-state index is 1.02. The number of hydrogen-bond donors (Lipinski definition) is 0. The first kappa shape index (κ1) is 7.28. The van der Waals surface area contributed by atoms with Crippen molar-refractivity contribution in [1.29, 1.82) is 0 Å². The number of fused-ring (bicyclic) bond motifs is 1. The Bertz CT molecular complexity index is 429. The third kappa shape index (κ3) is 0.826. The van der Waals surface area contributed by atoms with E-state index < -0.39 is 0 Å². The van der Waals surface area contributed by atoms with Crippen LogP contribution in [0.2, 0.25) is 0 Å². The Hall–Kier alpha value is -1.38. The van der Waals surface area contributed by atoms with Gasteiger partial charge in [-0.3, -0.25) is 0 Å². The largest absolute Gasteiger partial charge is 0.270 e. The average Bonchev–Trinajstić information content (AvgIpc) is 2.41. The Kier molecular flexibility index (Phi) is 1.40. The van der Waals surface area contributed by atoms with E-state index in [4.69, 9.17) is 0 Å². The Morgan fingerprint density at radius 2 is 2.08 bits per heavy atom. The molecule has 0 atom stereocenters. The van der Waals surface area contributed by atoms with Crippen molar-refractivity contribution >= 4 is 5.65 Å². The van der Waals surface area contributed by atoms with Crippen molar-refractivity contribution in [3.8, 4) is 0 Å². The molecule has 0 radical (unpaired) electrons. The summed E-state index contributed by atoms with van der Waals surface area (Å²) < 4.78 is 4.15. The van der Waals surface area contributed by atoms with Gasteiger partial charge in [0.1, 0.15) is 0 Å². The van der Waals surface area contributed by atoms with E-state index in [-0.39, 0.29) is 0 Å². The van der Waals surface area contributed by atoms with E-state index in [2.05, 4.69) is 29.3 Å². The third-order valence-electron chi connectivity index (χ3n) is 2.25. The highest BCUT2D eigenvalue weighted by molar-refractivity contribution is 5.40. The maximum absolute atomic E-state index is 4.29. The zero-order valence-electron chi connectivity index (χ0n) is 7.57. The van der Waals surface area contributed by atoms with Gasteiger partial charge in [0.2, 0.25) is 12.2 Å². The van der Waals surface area contributed by atoms with Crippen molar-refractivity contribution in [2.75, 3.05) is 0 Å². The Balaban J connectivity index is 2.96. The van der Waals surface area contributed by atoms with Gasteiger partial charge in [-0.2, -0.15) is 0 Å². The van der Waals surface area contributed by atoms with Crippen LogP contribution in [0.15, 0.2) is 18.5 Å². The summed E-state index contributed by atoms with van der Waals surface area (Å²) in [6.07, 6.45) is 1.84. The standard InChI is InChI=1S/C9H12N3/c1-7-4-5-9-10-6-11(3)8(2)12(7)9/h4-6H,1-3H3/q+1. The molecule has 0 aliphatic heterocycles. The van der Waals surface area contributed by atoms with E-state index in [9.17, 15) is 0 Å². The predicted octanol–water partition coefficient (Wildman–Crippen LogP) is 0.776. The van der Waals surface area contributed by atoms with E-state index in [1.165, 1.54) is 11.5 Å². The quantitative estimate of drug-likeness (QED) is 0.524. The van der Waals surface area contributed by atoms with Gasteiger partial charge in [-0.1, -0.05) is 4.98 Å². The van der Waals surface area contributed by atoms with Crippen LogP contribution >= 0.6 is 0 Å². The van der Waals surface area contributed by atoms with Gasteiger partial charge in [0.05, 0.1) is 12.7 Å². The van der Waals surface area contributed by atoms with E-state index in [1.54, 1.807) is 0 Å². The fourth-order valence-corrected chi connectivity index (χ4v) is 1.43. The van der Waals surface area contributed by atoms with Crippen LogP contribution in [0.1, 0.15) is 11.5 Å². The Labute approximate surface area is 71.3 Å². The van der Waals surface area contributed by atoms with Crippen LogP contribution in [0, 0.1) is 13.8 Å². The van der Waals surface area contributed by atoms with E-state index in [0.717, 1.165) is 5.65 Å². The second-order valence-corrected chi connectivity index (χ2v) is 3.07. The molecule has 0 aliphatic carbocycles. The van der Waals surface area contributed by atoms with E-state index in [1.807, 2.05) is 24.0 Å². The summed E-state index contributed by atoms with van der Waals surface area (Å²) in [4.78, 5) is 4.29. The molecule has 2 aromatic heterocycles. The summed E-state index contributed by atoms with van der Waals surface area (Å²) in [6.45, 7) is 4.17. The van der Waals surface area contributed by atoms with E-state index in [0.29, 0.717) is 0 Å². The van der Waals surface area contributed by atoms with Gasteiger partial charge < -0.3 is 0 Å². The highest BCUT2D eigenvalue weighted by Gasteiger charge is 2.09.